The molecule has 0 spiro atoms. The Labute approximate surface area is 72.0 Å². The average molecular weight is 161 g/mol. The zero-order valence-electron chi connectivity index (χ0n) is 6.91. The van der Waals surface area contributed by atoms with E-state index in [1.807, 2.05) is 6.92 Å². The molecule has 1 atom stereocenters. The molecule has 1 heterocycles. The molecule has 0 radical (unpaired) electrons. The van der Waals surface area contributed by atoms with Crippen molar-refractivity contribution in [2.45, 2.75) is 13.0 Å². The molecule has 1 aromatic rings. The third-order valence-electron chi connectivity index (χ3n) is 1.40. The fraction of sp³-hybridized carbons (Fsp3) is 0.222. The molecular weight excluding hydrogens is 150 g/mol. The number of hydrogen-bond acceptors (Lipinski definition) is 3. The van der Waals surface area contributed by atoms with Gasteiger partial charge in [0.2, 0.25) is 0 Å². The van der Waals surface area contributed by atoms with Crippen molar-refractivity contribution in [3.8, 4) is 12.3 Å². The Kier molecular flexibility index (Phi) is 2.54. The number of nitrogens with one attached hydrogen (secondary N) is 1. The first-order valence-corrected chi connectivity index (χ1v) is 3.66. The average Bonchev–Trinajstić information content (AvgIpc) is 2.09. The molecule has 3 heteroatoms. The first-order valence-electron chi connectivity index (χ1n) is 3.66. The predicted octanol–water partition coefficient (Wildman–Crippen LogP) is 1.10. The molecule has 0 aliphatic carbocycles. The van der Waals surface area contributed by atoms with Crippen LogP contribution in [-0.2, 0) is 0 Å². The van der Waals surface area contributed by atoms with Crippen LogP contribution in [0.2, 0.25) is 0 Å². The molecule has 0 amide bonds. The summed E-state index contributed by atoms with van der Waals surface area (Å²) in [7, 11) is 0. The smallest absolute Gasteiger partial charge is 0.126 e. The highest BCUT2D eigenvalue weighted by molar-refractivity contribution is 5.44. The zero-order chi connectivity index (χ0) is 8.97. The molecule has 0 bridgehead atoms. The molecule has 1 aromatic heterocycles. The summed E-state index contributed by atoms with van der Waals surface area (Å²) < 4.78 is 0. The van der Waals surface area contributed by atoms with Crippen LogP contribution < -0.4 is 11.1 Å². The number of rotatable bonds is 2. The SMILES string of the molecule is C#CC(C)Nc1ccc(N)cn1. The first-order chi connectivity index (χ1) is 5.72. The zero-order valence-corrected chi connectivity index (χ0v) is 6.91. The number of anilines is 2. The van der Waals surface area contributed by atoms with Crippen molar-refractivity contribution in [2.24, 2.45) is 0 Å². The molecule has 1 unspecified atom stereocenters. The maximum absolute atomic E-state index is 5.46. The van der Waals surface area contributed by atoms with Crippen LogP contribution in [0.25, 0.3) is 0 Å². The number of nitrogen functional groups attached to an aromatic ring is 1. The van der Waals surface area contributed by atoms with E-state index in [1.165, 1.54) is 0 Å². The lowest BCUT2D eigenvalue weighted by Crippen LogP contribution is -2.12. The molecule has 0 aromatic carbocycles. The number of terminal acetylenes is 1. The van der Waals surface area contributed by atoms with E-state index in [9.17, 15) is 0 Å². The lowest BCUT2D eigenvalue weighted by molar-refractivity contribution is 1.01. The van der Waals surface area contributed by atoms with Gasteiger partial charge in [0.25, 0.3) is 0 Å². The predicted molar refractivity (Wildman–Crippen MR) is 50.6 cm³/mol. The Morgan fingerprint density at radius 2 is 2.42 bits per heavy atom. The van der Waals surface area contributed by atoms with Crippen molar-refractivity contribution < 1.29 is 0 Å². The van der Waals surface area contributed by atoms with Crippen LogP contribution in [0.4, 0.5) is 11.5 Å². The number of pyridine rings is 1. The minimum absolute atomic E-state index is 0.0128. The molecule has 0 aliphatic heterocycles. The number of nitrogens with two attached hydrogens (primary N) is 1. The summed E-state index contributed by atoms with van der Waals surface area (Å²) in [5.74, 6) is 3.29. The Balaban J connectivity index is 2.66. The van der Waals surface area contributed by atoms with Gasteiger partial charge in [0.15, 0.2) is 0 Å². The monoisotopic (exact) mass is 161 g/mol. The summed E-state index contributed by atoms with van der Waals surface area (Å²) in [4.78, 5) is 4.03. The molecule has 62 valence electrons. The lowest BCUT2D eigenvalue weighted by Gasteiger charge is -2.07. The Bertz CT molecular complexity index is 284. The van der Waals surface area contributed by atoms with Crippen LogP contribution in [0.3, 0.4) is 0 Å². The third-order valence-corrected chi connectivity index (χ3v) is 1.40. The highest BCUT2D eigenvalue weighted by Gasteiger charge is 1.96. The second kappa shape index (κ2) is 3.63. The maximum atomic E-state index is 5.46. The molecule has 1 rings (SSSR count). The van der Waals surface area contributed by atoms with E-state index in [2.05, 4.69) is 16.2 Å². The van der Waals surface area contributed by atoms with Crippen molar-refractivity contribution in [3.05, 3.63) is 18.3 Å². The van der Waals surface area contributed by atoms with E-state index in [-0.39, 0.29) is 6.04 Å². The van der Waals surface area contributed by atoms with Crippen molar-refractivity contribution in [3.63, 3.8) is 0 Å². The van der Waals surface area contributed by atoms with E-state index >= 15 is 0 Å². The van der Waals surface area contributed by atoms with Crippen LogP contribution in [0, 0.1) is 12.3 Å². The summed E-state index contributed by atoms with van der Waals surface area (Å²) in [6.45, 7) is 1.89. The van der Waals surface area contributed by atoms with Crippen molar-refractivity contribution in [1.29, 1.82) is 0 Å². The summed E-state index contributed by atoms with van der Waals surface area (Å²) >= 11 is 0. The minimum Gasteiger partial charge on any atom is -0.397 e. The van der Waals surface area contributed by atoms with Gasteiger partial charge in [-0.15, -0.1) is 6.42 Å². The number of aromatic nitrogens is 1. The van der Waals surface area contributed by atoms with E-state index in [1.54, 1.807) is 18.3 Å². The van der Waals surface area contributed by atoms with Crippen molar-refractivity contribution >= 4 is 11.5 Å². The van der Waals surface area contributed by atoms with Gasteiger partial charge in [-0.2, -0.15) is 0 Å². The van der Waals surface area contributed by atoms with Crippen LogP contribution >= 0.6 is 0 Å². The normalized spacial score (nSPS) is 11.7. The molecule has 12 heavy (non-hydrogen) atoms. The van der Waals surface area contributed by atoms with E-state index in [0.29, 0.717) is 5.69 Å². The molecule has 3 nitrogen and oxygen atoms in total. The number of nitrogens with zero attached hydrogens (tertiary/aromatic N) is 1. The maximum Gasteiger partial charge on any atom is 0.126 e. The van der Waals surface area contributed by atoms with E-state index in [0.717, 1.165) is 5.82 Å². The Morgan fingerprint density at radius 3 is 2.92 bits per heavy atom. The van der Waals surface area contributed by atoms with Crippen LogP contribution in [0.5, 0.6) is 0 Å². The highest BCUT2D eigenvalue weighted by atomic mass is 15.0. The molecule has 3 N–H and O–H groups in total. The van der Waals surface area contributed by atoms with Gasteiger partial charge in [-0.3, -0.25) is 0 Å². The van der Waals surface area contributed by atoms with Crippen molar-refractivity contribution in [2.75, 3.05) is 11.1 Å². The fourth-order valence-electron chi connectivity index (χ4n) is 0.754. The second-order valence-corrected chi connectivity index (χ2v) is 2.51. The first kappa shape index (κ1) is 8.41. The van der Waals surface area contributed by atoms with Gasteiger partial charge in [0.1, 0.15) is 5.82 Å². The molecule has 0 aliphatic rings. The minimum atomic E-state index is -0.0128. The Hall–Kier alpha value is -1.69. The van der Waals surface area contributed by atoms with Gasteiger partial charge in [0, 0.05) is 0 Å². The van der Waals surface area contributed by atoms with E-state index < -0.39 is 0 Å². The van der Waals surface area contributed by atoms with E-state index in [4.69, 9.17) is 12.2 Å². The fourth-order valence-corrected chi connectivity index (χ4v) is 0.754. The molecule has 0 fully saturated rings. The largest absolute Gasteiger partial charge is 0.397 e. The second-order valence-electron chi connectivity index (χ2n) is 2.51. The summed E-state index contributed by atoms with van der Waals surface area (Å²) in [5.41, 5.74) is 6.11. The lowest BCUT2D eigenvalue weighted by atomic mass is 10.3. The summed E-state index contributed by atoms with van der Waals surface area (Å²) in [5, 5.41) is 3.02. The van der Waals surface area contributed by atoms with Gasteiger partial charge in [0.05, 0.1) is 17.9 Å². The third kappa shape index (κ3) is 2.17. The van der Waals surface area contributed by atoms with Gasteiger partial charge < -0.3 is 11.1 Å². The van der Waals surface area contributed by atoms with Gasteiger partial charge in [-0.05, 0) is 19.1 Å². The van der Waals surface area contributed by atoms with Gasteiger partial charge in [-0.25, -0.2) is 4.98 Å². The quantitative estimate of drug-likeness (QED) is 0.638. The topological polar surface area (TPSA) is 50.9 Å². The molecular formula is C9H11N3. The van der Waals surface area contributed by atoms with Crippen LogP contribution in [0.1, 0.15) is 6.92 Å². The molecule has 0 saturated carbocycles. The Morgan fingerprint density at radius 1 is 1.67 bits per heavy atom. The van der Waals surface area contributed by atoms with Gasteiger partial charge in [-0.1, -0.05) is 5.92 Å². The standard InChI is InChI=1S/C9H11N3/c1-3-7(2)12-9-5-4-8(10)6-11-9/h1,4-7H,10H2,2H3,(H,11,12). The van der Waals surface area contributed by atoms with Crippen molar-refractivity contribution in [1.82, 2.24) is 4.98 Å². The summed E-state index contributed by atoms with van der Waals surface area (Å²) in [6, 6.07) is 3.56. The number of hydrogen-bond donors (Lipinski definition) is 2. The van der Waals surface area contributed by atoms with Crippen LogP contribution in [-0.4, -0.2) is 11.0 Å². The summed E-state index contributed by atoms with van der Waals surface area (Å²) in [6.07, 6.45) is 6.77. The molecule has 0 saturated heterocycles. The highest BCUT2D eigenvalue weighted by Crippen LogP contribution is 2.06. The van der Waals surface area contributed by atoms with Crippen LogP contribution in [0.15, 0.2) is 18.3 Å². The van der Waals surface area contributed by atoms with Gasteiger partial charge >= 0.3 is 0 Å².